The van der Waals surface area contributed by atoms with Crippen molar-refractivity contribution >= 4 is 5.91 Å². The second-order valence-corrected chi connectivity index (χ2v) is 5.28. The predicted molar refractivity (Wildman–Crippen MR) is 68.9 cm³/mol. The van der Waals surface area contributed by atoms with Crippen molar-refractivity contribution in [3.63, 3.8) is 0 Å². The summed E-state index contributed by atoms with van der Waals surface area (Å²) in [5, 5.41) is 3.38. The van der Waals surface area contributed by atoms with E-state index in [1.807, 2.05) is 11.9 Å². The van der Waals surface area contributed by atoms with Gasteiger partial charge in [0, 0.05) is 19.1 Å². The first-order valence-electron chi connectivity index (χ1n) is 6.92. The summed E-state index contributed by atoms with van der Waals surface area (Å²) < 4.78 is 0. The van der Waals surface area contributed by atoms with Crippen LogP contribution in [0.2, 0.25) is 0 Å². The average Bonchev–Trinajstić information content (AvgIpc) is 3.20. The number of carbonyl (C=O) groups excluding carboxylic acids is 1. The third-order valence-electron chi connectivity index (χ3n) is 4.06. The number of likely N-dealkylation sites (N-methyl/N-ethyl adjacent to an activating group) is 2. The van der Waals surface area contributed by atoms with E-state index in [2.05, 4.69) is 17.1 Å². The van der Waals surface area contributed by atoms with Crippen molar-refractivity contribution in [2.45, 2.75) is 44.7 Å². The minimum absolute atomic E-state index is 0.299. The molecule has 2 fully saturated rings. The van der Waals surface area contributed by atoms with Gasteiger partial charge in [0.25, 0.3) is 0 Å². The van der Waals surface area contributed by atoms with Crippen molar-refractivity contribution in [2.75, 3.05) is 33.2 Å². The van der Waals surface area contributed by atoms with Gasteiger partial charge in [-0.2, -0.15) is 0 Å². The van der Waals surface area contributed by atoms with Crippen molar-refractivity contribution in [2.24, 2.45) is 0 Å². The lowest BCUT2D eigenvalue weighted by Gasteiger charge is -2.34. The summed E-state index contributed by atoms with van der Waals surface area (Å²) in [6, 6.07) is 1.13. The number of piperidine rings is 1. The molecule has 1 aliphatic heterocycles. The Morgan fingerprint density at radius 2 is 1.82 bits per heavy atom. The van der Waals surface area contributed by atoms with Crippen LogP contribution in [0.25, 0.3) is 0 Å². The van der Waals surface area contributed by atoms with E-state index in [-0.39, 0.29) is 0 Å². The molecule has 1 saturated heterocycles. The van der Waals surface area contributed by atoms with E-state index < -0.39 is 0 Å². The molecule has 4 nitrogen and oxygen atoms in total. The van der Waals surface area contributed by atoms with Crippen molar-refractivity contribution in [1.82, 2.24) is 15.1 Å². The van der Waals surface area contributed by atoms with Gasteiger partial charge in [0.2, 0.25) is 5.91 Å². The highest BCUT2D eigenvalue weighted by Gasteiger charge is 2.31. The Balaban J connectivity index is 1.82. The maximum Gasteiger partial charge on any atom is 0.236 e. The number of hydrogen-bond acceptors (Lipinski definition) is 3. The van der Waals surface area contributed by atoms with Crippen molar-refractivity contribution < 1.29 is 4.79 Å². The second kappa shape index (κ2) is 5.83. The fourth-order valence-corrected chi connectivity index (χ4v) is 2.62. The maximum atomic E-state index is 12.1. The molecule has 2 rings (SSSR count). The van der Waals surface area contributed by atoms with Gasteiger partial charge in [-0.25, -0.2) is 0 Å². The van der Waals surface area contributed by atoms with E-state index in [4.69, 9.17) is 0 Å². The summed E-state index contributed by atoms with van der Waals surface area (Å²) in [6.07, 6.45) is 4.74. The van der Waals surface area contributed by atoms with Crippen molar-refractivity contribution in [1.29, 1.82) is 0 Å². The third kappa shape index (κ3) is 3.42. The molecule has 0 atom stereocenters. The van der Waals surface area contributed by atoms with E-state index in [0.717, 1.165) is 19.6 Å². The van der Waals surface area contributed by atoms with Crippen LogP contribution in [0, 0.1) is 0 Å². The lowest BCUT2D eigenvalue weighted by Crippen LogP contribution is -2.47. The van der Waals surface area contributed by atoms with E-state index in [0.29, 0.717) is 24.5 Å². The molecule has 4 heteroatoms. The predicted octanol–water partition coefficient (Wildman–Crippen LogP) is 0.681. The third-order valence-corrected chi connectivity index (χ3v) is 4.06. The van der Waals surface area contributed by atoms with Crippen LogP contribution in [-0.4, -0.2) is 61.0 Å². The van der Waals surface area contributed by atoms with E-state index in [9.17, 15) is 4.79 Å². The molecule has 0 aromatic rings. The second-order valence-electron chi connectivity index (χ2n) is 5.28. The van der Waals surface area contributed by atoms with E-state index in [1.165, 1.54) is 25.7 Å². The van der Waals surface area contributed by atoms with Gasteiger partial charge < -0.3 is 10.2 Å². The van der Waals surface area contributed by atoms with Crippen LogP contribution in [0.4, 0.5) is 0 Å². The normalized spacial score (nSPS) is 21.8. The monoisotopic (exact) mass is 239 g/mol. The standard InChI is InChI=1S/C13H25N3O/c1-3-16(12-6-8-14-9-7-12)10-13(17)15(2)11-4-5-11/h11-12,14H,3-10H2,1-2H3. The zero-order chi connectivity index (χ0) is 12.3. The van der Waals surface area contributed by atoms with Crippen LogP contribution >= 0.6 is 0 Å². The molecule has 0 aromatic heterocycles. The Morgan fingerprint density at radius 1 is 1.18 bits per heavy atom. The highest BCUT2D eigenvalue weighted by Crippen LogP contribution is 2.25. The van der Waals surface area contributed by atoms with E-state index in [1.54, 1.807) is 0 Å². The van der Waals surface area contributed by atoms with Crippen LogP contribution in [0.15, 0.2) is 0 Å². The van der Waals surface area contributed by atoms with Gasteiger partial charge in [-0.15, -0.1) is 0 Å². The number of carbonyl (C=O) groups is 1. The largest absolute Gasteiger partial charge is 0.342 e. The summed E-state index contributed by atoms with van der Waals surface area (Å²) in [5.74, 6) is 0.299. The number of amides is 1. The summed E-state index contributed by atoms with van der Waals surface area (Å²) in [5.41, 5.74) is 0. The quantitative estimate of drug-likeness (QED) is 0.766. The van der Waals surface area contributed by atoms with Gasteiger partial charge in [-0.3, -0.25) is 9.69 Å². The van der Waals surface area contributed by atoms with Crippen LogP contribution in [0.3, 0.4) is 0 Å². The molecule has 0 bridgehead atoms. The van der Waals surface area contributed by atoms with Gasteiger partial charge in [0.05, 0.1) is 6.54 Å². The van der Waals surface area contributed by atoms with Gasteiger partial charge in [-0.1, -0.05) is 6.92 Å². The first kappa shape index (κ1) is 12.8. The molecule has 17 heavy (non-hydrogen) atoms. The molecule has 1 heterocycles. The summed E-state index contributed by atoms with van der Waals surface area (Å²) >= 11 is 0. The lowest BCUT2D eigenvalue weighted by molar-refractivity contribution is -0.132. The molecular weight excluding hydrogens is 214 g/mol. The molecule has 0 spiro atoms. The molecular formula is C13H25N3O. The van der Waals surface area contributed by atoms with Crippen LogP contribution in [0.5, 0.6) is 0 Å². The smallest absolute Gasteiger partial charge is 0.236 e. The number of nitrogens with zero attached hydrogens (tertiary/aromatic N) is 2. The van der Waals surface area contributed by atoms with Gasteiger partial charge >= 0.3 is 0 Å². The van der Waals surface area contributed by atoms with Crippen molar-refractivity contribution in [3.05, 3.63) is 0 Å². The minimum atomic E-state index is 0.299. The topological polar surface area (TPSA) is 35.6 Å². The Kier molecular flexibility index (Phi) is 4.40. The molecule has 1 N–H and O–H groups in total. The van der Waals surface area contributed by atoms with Gasteiger partial charge in [-0.05, 0) is 45.3 Å². The summed E-state index contributed by atoms with van der Waals surface area (Å²) in [6.45, 7) is 5.93. The average molecular weight is 239 g/mol. The highest BCUT2D eigenvalue weighted by molar-refractivity contribution is 5.78. The Hall–Kier alpha value is -0.610. The molecule has 1 saturated carbocycles. The van der Waals surface area contributed by atoms with Crippen LogP contribution in [-0.2, 0) is 4.79 Å². The Bertz CT molecular complexity index is 259. The maximum absolute atomic E-state index is 12.1. The lowest BCUT2D eigenvalue weighted by atomic mass is 10.0. The molecule has 98 valence electrons. The first-order chi connectivity index (χ1) is 8.22. The molecule has 1 amide bonds. The first-order valence-corrected chi connectivity index (χ1v) is 6.92. The van der Waals surface area contributed by atoms with Gasteiger partial charge in [0.15, 0.2) is 0 Å². The molecule has 0 unspecified atom stereocenters. The summed E-state index contributed by atoms with van der Waals surface area (Å²) in [4.78, 5) is 16.4. The molecule has 0 radical (unpaired) electrons. The summed E-state index contributed by atoms with van der Waals surface area (Å²) in [7, 11) is 1.95. The zero-order valence-corrected chi connectivity index (χ0v) is 11.1. The molecule has 1 aliphatic carbocycles. The Morgan fingerprint density at radius 3 is 2.35 bits per heavy atom. The molecule has 2 aliphatic rings. The van der Waals surface area contributed by atoms with Crippen molar-refractivity contribution in [3.8, 4) is 0 Å². The number of rotatable bonds is 5. The van der Waals surface area contributed by atoms with Crippen LogP contribution < -0.4 is 5.32 Å². The van der Waals surface area contributed by atoms with Gasteiger partial charge in [0.1, 0.15) is 0 Å². The zero-order valence-electron chi connectivity index (χ0n) is 11.1. The molecule has 0 aromatic carbocycles. The number of hydrogen-bond donors (Lipinski definition) is 1. The SMILES string of the molecule is CCN(CC(=O)N(C)C1CC1)C1CCNCC1. The van der Waals surface area contributed by atoms with Crippen LogP contribution in [0.1, 0.15) is 32.6 Å². The minimum Gasteiger partial charge on any atom is -0.342 e. The highest BCUT2D eigenvalue weighted by atomic mass is 16.2. The number of nitrogens with one attached hydrogen (secondary N) is 1. The Labute approximate surface area is 104 Å². The fraction of sp³-hybridized carbons (Fsp3) is 0.923. The van der Waals surface area contributed by atoms with E-state index >= 15 is 0 Å². The fourth-order valence-electron chi connectivity index (χ4n) is 2.62.